The molecule has 2 rings (SSSR count). The molecular weight excluding hydrogens is 212 g/mol. The average molecular weight is 229 g/mol. The van der Waals surface area contributed by atoms with Crippen LogP contribution in [0.15, 0.2) is 10.5 Å². The summed E-state index contributed by atoms with van der Waals surface area (Å²) in [7, 11) is 2.14. The van der Waals surface area contributed by atoms with E-state index in [4.69, 9.17) is 21.8 Å². The highest BCUT2D eigenvalue weighted by Gasteiger charge is 2.23. The minimum Gasteiger partial charge on any atom is -0.463 e. The molecule has 84 valence electrons. The van der Waals surface area contributed by atoms with Gasteiger partial charge >= 0.3 is 0 Å². The topological polar surface area (TPSA) is 42.4 Å². The Labute approximate surface area is 95.2 Å². The second-order valence-corrected chi connectivity index (χ2v) is 4.61. The van der Waals surface area contributed by atoms with Crippen molar-refractivity contribution in [1.29, 1.82) is 0 Å². The maximum absolute atomic E-state index is 6.13. The van der Waals surface area contributed by atoms with E-state index in [0.717, 1.165) is 42.5 Å². The van der Waals surface area contributed by atoms with Gasteiger partial charge in [-0.3, -0.25) is 0 Å². The Kier molecular flexibility index (Phi) is 3.34. The lowest BCUT2D eigenvalue weighted by Gasteiger charge is -2.27. The number of piperidine rings is 1. The van der Waals surface area contributed by atoms with Crippen molar-refractivity contribution >= 4 is 11.6 Å². The highest BCUT2D eigenvalue weighted by atomic mass is 35.5. The zero-order chi connectivity index (χ0) is 10.8. The molecule has 0 saturated carbocycles. The van der Waals surface area contributed by atoms with Gasteiger partial charge in [-0.05, 0) is 39.0 Å². The van der Waals surface area contributed by atoms with Gasteiger partial charge in [0.2, 0.25) is 0 Å². The number of furan rings is 1. The summed E-state index contributed by atoms with van der Waals surface area (Å²) < 4.78 is 5.66. The first-order chi connectivity index (χ1) is 7.20. The molecule has 1 aromatic rings. The van der Waals surface area contributed by atoms with Crippen LogP contribution in [-0.4, -0.2) is 25.0 Å². The number of nitrogens with zero attached hydrogens (tertiary/aromatic N) is 1. The first kappa shape index (κ1) is 11.0. The molecule has 1 fully saturated rings. The van der Waals surface area contributed by atoms with Gasteiger partial charge in [0.15, 0.2) is 0 Å². The van der Waals surface area contributed by atoms with Gasteiger partial charge in [-0.25, -0.2) is 0 Å². The van der Waals surface area contributed by atoms with E-state index in [0.29, 0.717) is 12.5 Å². The standard InChI is InChI=1S/C11H17ClN2O/c1-14-4-2-8(3-5-14)11-10(12)6-9(7-13)15-11/h6,8H,2-5,7,13H2,1H3. The number of nitrogens with two attached hydrogens (primary N) is 1. The van der Waals surface area contributed by atoms with Gasteiger partial charge in [-0.2, -0.15) is 0 Å². The van der Waals surface area contributed by atoms with Crippen LogP contribution in [0.5, 0.6) is 0 Å². The van der Waals surface area contributed by atoms with Gasteiger partial charge in [-0.1, -0.05) is 11.6 Å². The van der Waals surface area contributed by atoms with E-state index in [1.54, 1.807) is 0 Å². The molecule has 0 aliphatic carbocycles. The first-order valence-corrected chi connectivity index (χ1v) is 5.75. The number of likely N-dealkylation sites (tertiary alicyclic amines) is 1. The predicted molar refractivity (Wildman–Crippen MR) is 61.1 cm³/mol. The van der Waals surface area contributed by atoms with Crippen molar-refractivity contribution in [3.05, 3.63) is 22.6 Å². The second-order valence-electron chi connectivity index (χ2n) is 4.21. The SMILES string of the molecule is CN1CCC(c2oc(CN)cc2Cl)CC1. The van der Waals surface area contributed by atoms with Crippen LogP contribution in [0.3, 0.4) is 0 Å². The minimum atomic E-state index is 0.423. The van der Waals surface area contributed by atoms with Crippen molar-refractivity contribution in [2.45, 2.75) is 25.3 Å². The summed E-state index contributed by atoms with van der Waals surface area (Å²) in [6.07, 6.45) is 2.24. The summed E-state index contributed by atoms with van der Waals surface area (Å²) in [5.41, 5.74) is 5.52. The summed E-state index contributed by atoms with van der Waals surface area (Å²) in [5.74, 6) is 2.19. The van der Waals surface area contributed by atoms with Crippen LogP contribution in [0, 0.1) is 0 Å². The average Bonchev–Trinajstić information content (AvgIpc) is 2.61. The molecule has 0 atom stereocenters. The van der Waals surface area contributed by atoms with Crippen LogP contribution in [-0.2, 0) is 6.54 Å². The zero-order valence-electron chi connectivity index (χ0n) is 9.00. The minimum absolute atomic E-state index is 0.423. The monoisotopic (exact) mass is 228 g/mol. The quantitative estimate of drug-likeness (QED) is 0.844. The van der Waals surface area contributed by atoms with E-state index >= 15 is 0 Å². The lowest BCUT2D eigenvalue weighted by molar-refractivity contribution is 0.239. The smallest absolute Gasteiger partial charge is 0.125 e. The van der Waals surface area contributed by atoms with Crippen LogP contribution in [0.1, 0.15) is 30.3 Å². The van der Waals surface area contributed by atoms with Crippen LogP contribution >= 0.6 is 11.6 Å². The van der Waals surface area contributed by atoms with Crippen molar-refractivity contribution in [3.8, 4) is 0 Å². The van der Waals surface area contributed by atoms with Crippen LogP contribution in [0.4, 0.5) is 0 Å². The van der Waals surface area contributed by atoms with Crippen LogP contribution in [0.2, 0.25) is 5.02 Å². The largest absolute Gasteiger partial charge is 0.463 e. The molecule has 15 heavy (non-hydrogen) atoms. The van der Waals surface area contributed by atoms with Crippen molar-refractivity contribution < 1.29 is 4.42 Å². The van der Waals surface area contributed by atoms with Crippen molar-refractivity contribution in [2.75, 3.05) is 20.1 Å². The van der Waals surface area contributed by atoms with Gasteiger partial charge in [0.1, 0.15) is 11.5 Å². The third-order valence-corrected chi connectivity index (χ3v) is 3.35. The van der Waals surface area contributed by atoms with E-state index in [2.05, 4.69) is 11.9 Å². The lowest BCUT2D eigenvalue weighted by Crippen LogP contribution is -2.29. The summed E-state index contributed by atoms with van der Waals surface area (Å²) in [4.78, 5) is 2.33. The van der Waals surface area contributed by atoms with Crippen molar-refractivity contribution in [2.24, 2.45) is 5.73 Å². The molecule has 3 nitrogen and oxygen atoms in total. The van der Waals surface area contributed by atoms with E-state index < -0.39 is 0 Å². The molecule has 1 saturated heterocycles. The molecule has 0 radical (unpaired) electrons. The Hall–Kier alpha value is -0.510. The third-order valence-electron chi connectivity index (χ3n) is 3.05. The summed E-state index contributed by atoms with van der Waals surface area (Å²) in [6, 6.07) is 1.84. The highest BCUT2D eigenvalue weighted by Crippen LogP contribution is 2.34. The third kappa shape index (κ3) is 2.36. The van der Waals surface area contributed by atoms with Crippen molar-refractivity contribution in [1.82, 2.24) is 4.90 Å². The molecule has 1 aliphatic rings. The van der Waals surface area contributed by atoms with Gasteiger partial charge in [0, 0.05) is 5.92 Å². The molecule has 2 N–H and O–H groups in total. The molecule has 0 aromatic carbocycles. The molecule has 1 aliphatic heterocycles. The Morgan fingerprint density at radius 2 is 2.20 bits per heavy atom. The Balaban J connectivity index is 2.11. The lowest BCUT2D eigenvalue weighted by atomic mass is 9.95. The molecule has 2 heterocycles. The number of rotatable bonds is 2. The van der Waals surface area contributed by atoms with Crippen LogP contribution < -0.4 is 5.73 Å². The normalized spacial score (nSPS) is 19.7. The van der Waals surface area contributed by atoms with E-state index in [-0.39, 0.29) is 0 Å². The van der Waals surface area contributed by atoms with E-state index in [9.17, 15) is 0 Å². The Bertz CT molecular complexity index is 329. The highest BCUT2D eigenvalue weighted by molar-refractivity contribution is 6.31. The molecule has 0 bridgehead atoms. The summed E-state index contributed by atoms with van der Waals surface area (Å²) in [6.45, 7) is 2.64. The maximum Gasteiger partial charge on any atom is 0.125 e. The fraction of sp³-hybridized carbons (Fsp3) is 0.636. The zero-order valence-corrected chi connectivity index (χ0v) is 9.76. The molecule has 0 unspecified atom stereocenters. The van der Waals surface area contributed by atoms with Crippen molar-refractivity contribution in [3.63, 3.8) is 0 Å². The molecule has 0 amide bonds. The van der Waals surface area contributed by atoms with Gasteiger partial charge in [0.05, 0.1) is 11.6 Å². The Morgan fingerprint density at radius 1 is 1.53 bits per heavy atom. The van der Waals surface area contributed by atoms with Gasteiger partial charge in [0.25, 0.3) is 0 Å². The Morgan fingerprint density at radius 3 is 2.73 bits per heavy atom. The fourth-order valence-electron chi connectivity index (χ4n) is 2.08. The van der Waals surface area contributed by atoms with E-state index in [1.165, 1.54) is 0 Å². The van der Waals surface area contributed by atoms with E-state index in [1.807, 2.05) is 6.07 Å². The predicted octanol–water partition coefficient (Wildman–Crippen LogP) is 2.20. The number of hydrogen-bond donors (Lipinski definition) is 1. The molecule has 0 spiro atoms. The molecular formula is C11H17ClN2O. The fourth-order valence-corrected chi connectivity index (χ4v) is 2.40. The summed E-state index contributed by atoms with van der Waals surface area (Å²) in [5, 5.41) is 0.741. The molecule has 4 heteroatoms. The van der Waals surface area contributed by atoms with Gasteiger partial charge < -0.3 is 15.1 Å². The first-order valence-electron chi connectivity index (χ1n) is 5.37. The van der Waals surface area contributed by atoms with Crippen LogP contribution in [0.25, 0.3) is 0 Å². The number of halogens is 1. The van der Waals surface area contributed by atoms with Gasteiger partial charge in [-0.15, -0.1) is 0 Å². The number of hydrogen-bond acceptors (Lipinski definition) is 3. The molecule has 1 aromatic heterocycles. The maximum atomic E-state index is 6.13. The summed E-state index contributed by atoms with van der Waals surface area (Å²) >= 11 is 6.13. The second kappa shape index (κ2) is 4.56.